The Balaban J connectivity index is 1.36. The van der Waals surface area contributed by atoms with E-state index < -0.39 is 0 Å². The zero-order chi connectivity index (χ0) is 17.1. The predicted octanol–water partition coefficient (Wildman–Crippen LogP) is 2.01. The van der Waals surface area contributed by atoms with Gasteiger partial charge in [0, 0.05) is 50.1 Å². The van der Waals surface area contributed by atoms with Crippen molar-refractivity contribution in [1.29, 1.82) is 0 Å². The van der Waals surface area contributed by atoms with Crippen LogP contribution in [0.2, 0.25) is 0 Å². The van der Waals surface area contributed by atoms with Gasteiger partial charge in [0.15, 0.2) is 0 Å². The van der Waals surface area contributed by atoms with Crippen LogP contribution in [0, 0.1) is 11.8 Å². The van der Waals surface area contributed by atoms with E-state index in [-0.39, 0.29) is 11.8 Å². The minimum Gasteiger partial charge on any atom is -0.342 e. The summed E-state index contributed by atoms with van der Waals surface area (Å²) < 4.78 is 0. The molecule has 1 saturated carbocycles. The number of rotatable bonds is 4. The summed E-state index contributed by atoms with van der Waals surface area (Å²) in [5.41, 5.74) is 0. The molecule has 3 fully saturated rings. The molecule has 0 radical (unpaired) electrons. The maximum absolute atomic E-state index is 12.3. The molecule has 2 saturated heterocycles. The number of amides is 2. The van der Waals surface area contributed by atoms with Gasteiger partial charge in [-0.1, -0.05) is 20.3 Å². The second-order valence-corrected chi connectivity index (χ2v) is 8.15. The molecule has 24 heavy (non-hydrogen) atoms. The fourth-order valence-corrected chi connectivity index (χ4v) is 4.14. The first kappa shape index (κ1) is 17.7. The molecule has 5 heteroatoms. The second-order valence-electron chi connectivity index (χ2n) is 8.15. The van der Waals surface area contributed by atoms with E-state index >= 15 is 0 Å². The van der Waals surface area contributed by atoms with Gasteiger partial charge in [-0.3, -0.25) is 9.59 Å². The minimum absolute atomic E-state index is 0.104. The standard InChI is InChI=1S/C19H33N3O2/c1-14(2)18(23)21-10-6-16(7-11-21)20-17-8-12-22(13-9-17)19(24)15-4-3-5-15/h14-17,20H,3-13H2,1-2H3. The van der Waals surface area contributed by atoms with Crippen molar-refractivity contribution in [3.8, 4) is 0 Å². The summed E-state index contributed by atoms with van der Waals surface area (Å²) >= 11 is 0. The van der Waals surface area contributed by atoms with Crippen molar-refractivity contribution in [1.82, 2.24) is 15.1 Å². The normalized spacial score (nSPS) is 24.3. The minimum atomic E-state index is 0.104. The first-order valence-corrected chi connectivity index (χ1v) is 9.88. The van der Waals surface area contributed by atoms with Crippen LogP contribution in [-0.4, -0.2) is 59.9 Å². The van der Waals surface area contributed by atoms with Crippen LogP contribution in [-0.2, 0) is 9.59 Å². The Bertz CT molecular complexity index is 446. The molecule has 2 heterocycles. The first-order valence-electron chi connectivity index (χ1n) is 9.88. The summed E-state index contributed by atoms with van der Waals surface area (Å²) in [6, 6.07) is 1.06. The Morgan fingerprint density at radius 3 is 1.75 bits per heavy atom. The summed E-state index contributed by atoms with van der Waals surface area (Å²) in [4.78, 5) is 28.5. The zero-order valence-corrected chi connectivity index (χ0v) is 15.3. The molecule has 1 aliphatic carbocycles. The molecule has 0 spiro atoms. The van der Waals surface area contributed by atoms with Gasteiger partial charge >= 0.3 is 0 Å². The maximum Gasteiger partial charge on any atom is 0.225 e. The van der Waals surface area contributed by atoms with Crippen molar-refractivity contribution < 1.29 is 9.59 Å². The molecule has 0 bridgehead atoms. The van der Waals surface area contributed by atoms with Crippen molar-refractivity contribution in [3.05, 3.63) is 0 Å². The molecule has 0 unspecified atom stereocenters. The topological polar surface area (TPSA) is 52.7 Å². The zero-order valence-electron chi connectivity index (χ0n) is 15.3. The predicted molar refractivity (Wildman–Crippen MR) is 94.5 cm³/mol. The lowest BCUT2D eigenvalue weighted by atomic mass is 9.84. The molecular weight excluding hydrogens is 302 g/mol. The number of piperidine rings is 2. The van der Waals surface area contributed by atoms with Crippen LogP contribution in [0.1, 0.15) is 58.8 Å². The lowest BCUT2D eigenvalue weighted by molar-refractivity contribution is -0.139. The number of hydrogen-bond acceptors (Lipinski definition) is 3. The summed E-state index contributed by atoms with van der Waals surface area (Å²) in [6.45, 7) is 7.55. The summed E-state index contributed by atoms with van der Waals surface area (Å²) in [6.07, 6.45) is 7.69. The van der Waals surface area contributed by atoms with Crippen LogP contribution >= 0.6 is 0 Å². The first-order chi connectivity index (χ1) is 11.5. The van der Waals surface area contributed by atoms with Gasteiger partial charge in [0.1, 0.15) is 0 Å². The number of nitrogens with zero attached hydrogens (tertiary/aromatic N) is 2. The molecule has 2 amide bonds. The molecule has 3 rings (SSSR count). The van der Waals surface area contributed by atoms with E-state index in [2.05, 4.69) is 10.2 Å². The lowest BCUT2D eigenvalue weighted by Gasteiger charge is -2.39. The number of hydrogen-bond donors (Lipinski definition) is 1. The summed E-state index contributed by atoms with van der Waals surface area (Å²) in [5.74, 6) is 1.13. The summed E-state index contributed by atoms with van der Waals surface area (Å²) in [7, 11) is 0. The van der Waals surface area contributed by atoms with Crippen LogP contribution in [0.3, 0.4) is 0 Å². The van der Waals surface area contributed by atoms with E-state index in [0.717, 1.165) is 64.7 Å². The number of carbonyl (C=O) groups is 2. The molecule has 2 aliphatic heterocycles. The number of likely N-dealkylation sites (tertiary alicyclic amines) is 2. The van der Waals surface area contributed by atoms with Gasteiger partial charge in [-0.2, -0.15) is 0 Å². The molecule has 1 N–H and O–H groups in total. The van der Waals surface area contributed by atoms with Crippen LogP contribution in [0.25, 0.3) is 0 Å². The molecule has 0 aromatic heterocycles. The van der Waals surface area contributed by atoms with Gasteiger partial charge in [-0.05, 0) is 38.5 Å². The highest BCUT2D eigenvalue weighted by molar-refractivity contribution is 5.79. The van der Waals surface area contributed by atoms with Gasteiger partial charge < -0.3 is 15.1 Å². The third-order valence-corrected chi connectivity index (χ3v) is 6.03. The Morgan fingerprint density at radius 1 is 0.833 bits per heavy atom. The van der Waals surface area contributed by atoms with Crippen LogP contribution < -0.4 is 5.32 Å². The average Bonchev–Trinajstić information content (AvgIpc) is 2.54. The van der Waals surface area contributed by atoms with Crippen LogP contribution in [0.4, 0.5) is 0 Å². The van der Waals surface area contributed by atoms with Crippen molar-refractivity contribution in [3.63, 3.8) is 0 Å². The van der Waals surface area contributed by atoms with E-state index in [1.807, 2.05) is 18.7 Å². The molecule has 0 atom stereocenters. The maximum atomic E-state index is 12.3. The Kier molecular flexibility index (Phi) is 5.80. The highest BCUT2D eigenvalue weighted by atomic mass is 16.2. The van der Waals surface area contributed by atoms with Crippen molar-refractivity contribution in [2.45, 2.75) is 70.9 Å². The van der Waals surface area contributed by atoms with Crippen LogP contribution in [0.15, 0.2) is 0 Å². The third-order valence-electron chi connectivity index (χ3n) is 6.03. The Labute approximate surface area is 146 Å². The third kappa shape index (κ3) is 4.11. The quantitative estimate of drug-likeness (QED) is 0.855. The van der Waals surface area contributed by atoms with Crippen molar-refractivity contribution in [2.75, 3.05) is 26.2 Å². The Hall–Kier alpha value is -1.10. The highest BCUT2D eigenvalue weighted by Crippen LogP contribution is 2.29. The van der Waals surface area contributed by atoms with E-state index in [4.69, 9.17) is 0 Å². The molecule has 3 aliphatic rings. The molecule has 5 nitrogen and oxygen atoms in total. The Morgan fingerprint density at radius 2 is 1.33 bits per heavy atom. The molecule has 136 valence electrons. The van der Waals surface area contributed by atoms with Crippen molar-refractivity contribution in [2.24, 2.45) is 11.8 Å². The number of nitrogens with one attached hydrogen (secondary N) is 1. The monoisotopic (exact) mass is 335 g/mol. The van der Waals surface area contributed by atoms with Gasteiger partial charge in [0.2, 0.25) is 11.8 Å². The fraction of sp³-hybridized carbons (Fsp3) is 0.895. The fourth-order valence-electron chi connectivity index (χ4n) is 4.14. The van der Waals surface area contributed by atoms with Crippen LogP contribution in [0.5, 0.6) is 0 Å². The van der Waals surface area contributed by atoms with E-state index in [1.54, 1.807) is 0 Å². The average molecular weight is 335 g/mol. The van der Waals surface area contributed by atoms with Crippen molar-refractivity contribution >= 4 is 11.8 Å². The largest absolute Gasteiger partial charge is 0.342 e. The smallest absolute Gasteiger partial charge is 0.225 e. The lowest BCUT2D eigenvalue weighted by Crippen LogP contribution is -2.52. The van der Waals surface area contributed by atoms with Gasteiger partial charge in [-0.15, -0.1) is 0 Å². The molecule has 0 aromatic carbocycles. The summed E-state index contributed by atoms with van der Waals surface area (Å²) in [5, 5.41) is 3.79. The van der Waals surface area contributed by atoms with E-state index in [9.17, 15) is 9.59 Å². The number of carbonyl (C=O) groups excluding carboxylic acids is 2. The highest BCUT2D eigenvalue weighted by Gasteiger charge is 2.32. The SMILES string of the molecule is CC(C)C(=O)N1CCC(NC2CCN(C(=O)C3CCC3)CC2)CC1. The van der Waals surface area contributed by atoms with Gasteiger partial charge in [-0.25, -0.2) is 0 Å². The van der Waals surface area contributed by atoms with Gasteiger partial charge in [0.05, 0.1) is 0 Å². The molecular formula is C19H33N3O2. The van der Waals surface area contributed by atoms with Gasteiger partial charge in [0.25, 0.3) is 0 Å². The van der Waals surface area contributed by atoms with E-state index in [0.29, 0.717) is 23.9 Å². The van der Waals surface area contributed by atoms with E-state index in [1.165, 1.54) is 6.42 Å². The molecule has 0 aromatic rings. The second kappa shape index (κ2) is 7.85.